The monoisotopic (exact) mass is 445 g/mol. The Balaban J connectivity index is 1.50. The fourth-order valence-electron chi connectivity index (χ4n) is 4.54. The van der Waals surface area contributed by atoms with Crippen molar-refractivity contribution in [3.63, 3.8) is 0 Å². The summed E-state index contributed by atoms with van der Waals surface area (Å²) < 4.78 is 1.94. The van der Waals surface area contributed by atoms with Crippen LogP contribution in [-0.4, -0.2) is 62.6 Å². The molecule has 33 heavy (non-hydrogen) atoms. The lowest BCUT2D eigenvalue weighted by atomic mass is 9.94. The lowest BCUT2D eigenvalue weighted by Gasteiger charge is -2.39. The second-order valence-corrected chi connectivity index (χ2v) is 8.72. The number of pyridine rings is 1. The Bertz CT molecular complexity index is 1120. The number of amides is 2. The van der Waals surface area contributed by atoms with Crippen LogP contribution in [0.3, 0.4) is 0 Å². The average molecular weight is 446 g/mol. The molecule has 2 aromatic heterocycles. The molecule has 0 N–H and O–H groups in total. The van der Waals surface area contributed by atoms with E-state index >= 15 is 0 Å². The van der Waals surface area contributed by atoms with Gasteiger partial charge in [0, 0.05) is 63.2 Å². The number of hydrogen-bond donors (Lipinski definition) is 0. The number of aryl methyl sites for hydroxylation is 3. The smallest absolute Gasteiger partial charge is 0.245 e. The van der Waals surface area contributed by atoms with Crippen molar-refractivity contribution in [2.24, 2.45) is 0 Å². The van der Waals surface area contributed by atoms with Crippen LogP contribution in [0.25, 0.3) is 11.1 Å². The topological polar surface area (TPSA) is 71.3 Å². The van der Waals surface area contributed by atoms with Gasteiger partial charge in [0.25, 0.3) is 0 Å². The number of benzene rings is 1. The van der Waals surface area contributed by atoms with E-state index in [0.29, 0.717) is 38.9 Å². The van der Waals surface area contributed by atoms with Crippen LogP contribution in [0.2, 0.25) is 0 Å². The van der Waals surface area contributed by atoms with Gasteiger partial charge in [-0.2, -0.15) is 5.10 Å². The third kappa shape index (κ3) is 5.13. The average Bonchev–Trinajstić information content (AvgIpc) is 3.14. The molecule has 172 valence electrons. The highest BCUT2D eigenvalue weighted by molar-refractivity contribution is 5.89. The van der Waals surface area contributed by atoms with E-state index in [9.17, 15) is 9.59 Å². The second-order valence-electron chi connectivity index (χ2n) is 8.72. The van der Waals surface area contributed by atoms with Gasteiger partial charge >= 0.3 is 0 Å². The molecule has 1 aliphatic rings. The number of likely N-dealkylation sites (N-methyl/N-ethyl adjacent to an activating group) is 1. The van der Waals surface area contributed by atoms with Crippen LogP contribution in [-0.2, 0) is 22.6 Å². The van der Waals surface area contributed by atoms with Gasteiger partial charge in [-0.25, -0.2) is 0 Å². The summed E-state index contributed by atoms with van der Waals surface area (Å²) in [6, 6.07) is 13.5. The van der Waals surface area contributed by atoms with E-state index in [4.69, 9.17) is 0 Å². The summed E-state index contributed by atoms with van der Waals surface area (Å²) in [4.78, 5) is 34.1. The highest BCUT2D eigenvalue weighted by Crippen LogP contribution is 2.26. The maximum Gasteiger partial charge on any atom is 0.245 e. The van der Waals surface area contributed by atoms with Gasteiger partial charge in [0.15, 0.2) is 0 Å². The predicted octanol–water partition coefficient (Wildman–Crippen LogP) is 3.25. The molecule has 0 aliphatic carbocycles. The van der Waals surface area contributed by atoms with Crippen LogP contribution in [0.4, 0.5) is 0 Å². The van der Waals surface area contributed by atoms with Crippen LogP contribution < -0.4 is 0 Å². The fourth-order valence-corrected chi connectivity index (χ4v) is 4.54. The van der Waals surface area contributed by atoms with Crippen molar-refractivity contribution in [2.75, 3.05) is 20.1 Å². The molecule has 1 saturated heterocycles. The van der Waals surface area contributed by atoms with Gasteiger partial charge in [-0.1, -0.05) is 30.3 Å². The summed E-state index contributed by atoms with van der Waals surface area (Å²) in [6.45, 7) is 5.81. The number of rotatable bonds is 7. The standard InChI is InChI=1S/C26H31N5O2/c1-19-16-20(2)31(28-19)13-7-11-25(32)30-15-14-29(3)26(33)24(30)17-21-8-4-5-10-23(21)22-9-6-12-27-18-22/h4-6,8-10,12,16,18,24H,7,11,13-15,17H2,1-3H3. The first-order valence-corrected chi connectivity index (χ1v) is 11.5. The summed E-state index contributed by atoms with van der Waals surface area (Å²) in [5.41, 5.74) is 5.17. The third-order valence-electron chi connectivity index (χ3n) is 6.30. The van der Waals surface area contributed by atoms with E-state index in [1.807, 2.05) is 74.2 Å². The highest BCUT2D eigenvalue weighted by atomic mass is 16.2. The minimum Gasteiger partial charge on any atom is -0.342 e. The van der Waals surface area contributed by atoms with E-state index in [-0.39, 0.29) is 11.8 Å². The summed E-state index contributed by atoms with van der Waals surface area (Å²) >= 11 is 0. The van der Waals surface area contributed by atoms with Crippen LogP contribution >= 0.6 is 0 Å². The predicted molar refractivity (Wildman–Crippen MR) is 127 cm³/mol. The molecule has 1 fully saturated rings. The Morgan fingerprint density at radius 2 is 1.94 bits per heavy atom. The number of nitrogens with zero attached hydrogens (tertiary/aromatic N) is 5. The van der Waals surface area contributed by atoms with Crippen molar-refractivity contribution >= 4 is 11.8 Å². The Morgan fingerprint density at radius 3 is 2.67 bits per heavy atom. The number of piperazine rings is 1. The summed E-state index contributed by atoms with van der Waals surface area (Å²) in [7, 11) is 1.81. The number of carbonyl (C=O) groups excluding carboxylic acids is 2. The Labute approximate surface area is 195 Å². The highest BCUT2D eigenvalue weighted by Gasteiger charge is 2.36. The maximum atomic E-state index is 13.2. The first kappa shape index (κ1) is 22.7. The van der Waals surface area contributed by atoms with E-state index in [1.165, 1.54) is 0 Å². The molecule has 2 amide bonds. The first-order chi connectivity index (χ1) is 15.9. The molecular weight excluding hydrogens is 414 g/mol. The summed E-state index contributed by atoms with van der Waals surface area (Å²) in [5.74, 6) is 0.0241. The third-order valence-corrected chi connectivity index (χ3v) is 6.30. The molecule has 3 heterocycles. The SMILES string of the molecule is Cc1cc(C)n(CCCC(=O)N2CCN(C)C(=O)C2Cc2ccccc2-c2cccnc2)n1. The van der Waals surface area contributed by atoms with Crippen molar-refractivity contribution in [1.82, 2.24) is 24.6 Å². The molecule has 0 saturated carbocycles. The zero-order chi connectivity index (χ0) is 23.4. The molecule has 0 spiro atoms. The number of hydrogen-bond acceptors (Lipinski definition) is 4. The number of carbonyl (C=O) groups is 2. The Kier molecular flexibility index (Phi) is 6.87. The van der Waals surface area contributed by atoms with Crippen LogP contribution in [0, 0.1) is 13.8 Å². The molecule has 7 nitrogen and oxygen atoms in total. The van der Waals surface area contributed by atoms with Crippen molar-refractivity contribution in [3.05, 3.63) is 71.8 Å². The van der Waals surface area contributed by atoms with E-state index in [1.54, 1.807) is 16.0 Å². The van der Waals surface area contributed by atoms with Gasteiger partial charge in [0.1, 0.15) is 6.04 Å². The molecule has 1 unspecified atom stereocenters. The lowest BCUT2D eigenvalue weighted by molar-refractivity contribution is -0.150. The Hall–Kier alpha value is -3.48. The minimum absolute atomic E-state index is 0.00543. The number of aromatic nitrogens is 3. The maximum absolute atomic E-state index is 13.2. The molecule has 7 heteroatoms. The molecule has 4 rings (SSSR count). The summed E-state index contributed by atoms with van der Waals surface area (Å²) in [5, 5.41) is 4.48. The van der Waals surface area contributed by atoms with Crippen LogP contribution in [0.5, 0.6) is 0 Å². The van der Waals surface area contributed by atoms with E-state index < -0.39 is 6.04 Å². The van der Waals surface area contributed by atoms with Gasteiger partial charge in [-0.15, -0.1) is 0 Å². The normalized spacial score (nSPS) is 16.3. The van der Waals surface area contributed by atoms with Crippen molar-refractivity contribution < 1.29 is 9.59 Å². The molecule has 0 radical (unpaired) electrons. The lowest BCUT2D eigenvalue weighted by Crippen LogP contribution is -2.58. The van der Waals surface area contributed by atoms with Gasteiger partial charge in [-0.3, -0.25) is 19.3 Å². The molecule has 1 atom stereocenters. The van der Waals surface area contributed by atoms with Crippen molar-refractivity contribution in [3.8, 4) is 11.1 Å². The van der Waals surface area contributed by atoms with Gasteiger partial charge in [0.2, 0.25) is 11.8 Å². The van der Waals surface area contributed by atoms with Gasteiger partial charge in [0.05, 0.1) is 5.69 Å². The Morgan fingerprint density at radius 1 is 1.12 bits per heavy atom. The largest absolute Gasteiger partial charge is 0.342 e. The zero-order valence-electron chi connectivity index (χ0n) is 19.6. The molecule has 1 aliphatic heterocycles. The second kappa shape index (κ2) is 9.98. The quantitative estimate of drug-likeness (QED) is 0.560. The van der Waals surface area contributed by atoms with Gasteiger partial charge < -0.3 is 9.80 Å². The minimum atomic E-state index is -0.497. The van der Waals surface area contributed by atoms with Crippen molar-refractivity contribution in [1.29, 1.82) is 0 Å². The molecule has 0 bridgehead atoms. The molecule has 1 aromatic carbocycles. The zero-order valence-corrected chi connectivity index (χ0v) is 19.6. The van der Waals surface area contributed by atoms with Crippen LogP contribution in [0.1, 0.15) is 29.8 Å². The summed E-state index contributed by atoms with van der Waals surface area (Å²) in [6.07, 6.45) is 5.15. The van der Waals surface area contributed by atoms with Crippen molar-refractivity contribution in [2.45, 2.75) is 45.7 Å². The molecular formula is C26H31N5O2. The molecule has 3 aromatic rings. The van der Waals surface area contributed by atoms with E-state index in [2.05, 4.69) is 10.1 Å². The van der Waals surface area contributed by atoms with E-state index in [0.717, 1.165) is 28.1 Å². The first-order valence-electron chi connectivity index (χ1n) is 11.5. The fraction of sp³-hybridized carbons (Fsp3) is 0.385. The van der Waals surface area contributed by atoms with Gasteiger partial charge in [-0.05, 0) is 43.5 Å². The van der Waals surface area contributed by atoms with Crippen LogP contribution in [0.15, 0.2) is 54.9 Å².